The zero-order valence-corrected chi connectivity index (χ0v) is 14.3. The van der Waals surface area contributed by atoms with Crippen LogP contribution < -0.4 is 15.5 Å². The number of hydrogen-bond donors (Lipinski definition) is 2. The van der Waals surface area contributed by atoms with Crippen molar-refractivity contribution in [2.45, 2.75) is 13.5 Å². The van der Waals surface area contributed by atoms with E-state index in [1.54, 1.807) is 18.4 Å². The highest BCUT2D eigenvalue weighted by Gasteiger charge is 2.03. The van der Waals surface area contributed by atoms with Gasteiger partial charge >= 0.3 is 0 Å². The zero-order valence-electron chi connectivity index (χ0n) is 13.5. The molecule has 0 fully saturated rings. The lowest BCUT2D eigenvalue weighted by atomic mass is 10.3. The molecule has 0 amide bonds. The summed E-state index contributed by atoms with van der Waals surface area (Å²) in [5.74, 6) is 0.842. The third kappa shape index (κ3) is 4.77. The van der Waals surface area contributed by atoms with Gasteiger partial charge in [-0.05, 0) is 36.1 Å². The topological polar surface area (TPSA) is 39.7 Å². The molecule has 1 heterocycles. The quantitative estimate of drug-likeness (QED) is 0.636. The van der Waals surface area contributed by atoms with Gasteiger partial charge in [-0.25, -0.2) is 0 Å². The molecule has 1 aromatic heterocycles. The SMILES string of the molecule is CN=C(NCCN(C)c1ccccc1)NCc1sccc1C. The fourth-order valence-corrected chi connectivity index (χ4v) is 2.97. The van der Waals surface area contributed by atoms with Crippen molar-refractivity contribution < 1.29 is 0 Å². The van der Waals surface area contributed by atoms with Crippen LogP contribution >= 0.6 is 11.3 Å². The molecular formula is C17H24N4S. The molecular weight excluding hydrogens is 292 g/mol. The Hall–Kier alpha value is -2.01. The average molecular weight is 316 g/mol. The van der Waals surface area contributed by atoms with Crippen molar-refractivity contribution in [2.75, 3.05) is 32.1 Å². The molecule has 0 atom stereocenters. The molecule has 5 heteroatoms. The Balaban J connectivity index is 1.74. The van der Waals surface area contributed by atoms with E-state index < -0.39 is 0 Å². The lowest BCUT2D eigenvalue weighted by Crippen LogP contribution is -2.40. The Kier molecular flexibility index (Phi) is 6.27. The highest BCUT2D eigenvalue weighted by molar-refractivity contribution is 7.10. The van der Waals surface area contributed by atoms with Gasteiger partial charge in [-0.1, -0.05) is 18.2 Å². The van der Waals surface area contributed by atoms with Gasteiger partial charge in [0.2, 0.25) is 0 Å². The van der Waals surface area contributed by atoms with Crippen LogP contribution in [-0.4, -0.2) is 33.1 Å². The first kappa shape index (κ1) is 16.4. The molecule has 1 aromatic carbocycles. The van der Waals surface area contributed by atoms with Gasteiger partial charge in [0.05, 0.1) is 6.54 Å². The van der Waals surface area contributed by atoms with E-state index in [1.807, 2.05) is 6.07 Å². The lowest BCUT2D eigenvalue weighted by Gasteiger charge is -2.20. The summed E-state index contributed by atoms with van der Waals surface area (Å²) in [6.07, 6.45) is 0. The monoisotopic (exact) mass is 316 g/mol. The number of rotatable bonds is 6. The van der Waals surface area contributed by atoms with Crippen LogP contribution in [0.25, 0.3) is 0 Å². The Morgan fingerprint density at radius 3 is 2.59 bits per heavy atom. The number of nitrogens with zero attached hydrogens (tertiary/aromatic N) is 2. The Bertz CT molecular complexity index is 592. The number of aryl methyl sites for hydroxylation is 1. The van der Waals surface area contributed by atoms with Gasteiger partial charge in [0, 0.05) is 37.7 Å². The maximum atomic E-state index is 4.27. The predicted octanol–water partition coefficient (Wildman–Crippen LogP) is 2.86. The first-order chi connectivity index (χ1) is 10.7. The van der Waals surface area contributed by atoms with Crippen molar-refractivity contribution in [1.82, 2.24) is 10.6 Å². The van der Waals surface area contributed by atoms with Gasteiger partial charge in [-0.2, -0.15) is 0 Å². The second kappa shape index (κ2) is 8.44. The minimum atomic E-state index is 0.817. The van der Waals surface area contributed by atoms with Gasteiger partial charge < -0.3 is 15.5 Å². The van der Waals surface area contributed by atoms with Crippen LogP contribution in [0.4, 0.5) is 5.69 Å². The summed E-state index contributed by atoms with van der Waals surface area (Å²) < 4.78 is 0. The van der Waals surface area contributed by atoms with E-state index in [1.165, 1.54) is 16.1 Å². The Labute approximate surface area is 136 Å². The average Bonchev–Trinajstić information content (AvgIpc) is 2.96. The van der Waals surface area contributed by atoms with E-state index in [2.05, 4.69) is 70.2 Å². The molecule has 4 nitrogen and oxygen atoms in total. The van der Waals surface area contributed by atoms with E-state index in [9.17, 15) is 0 Å². The summed E-state index contributed by atoms with van der Waals surface area (Å²) in [6.45, 7) is 4.72. The summed E-state index contributed by atoms with van der Waals surface area (Å²) in [4.78, 5) is 7.84. The number of hydrogen-bond acceptors (Lipinski definition) is 3. The van der Waals surface area contributed by atoms with Crippen LogP contribution in [-0.2, 0) is 6.54 Å². The molecule has 2 aromatic rings. The summed E-state index contributed by atoms with van der Waals surface area (Å²) in [7, 11) is 3.90. The molecule has 2 N–H and O–H groups in total. The van der Waals surface area contributed by atoms with Gasteiger partial charge in [0.25, 0.3) is 0 Å². The first-order valence-electron chi connectivity index (χ1n) is 7.44. The normalized spacial score (nSPS) is 11.3. The van der Waals surface area contributed by atoms with E-state index in [-0.39, 0.29) is 0 Å². The second-order valence-electron chi connectivity index (χ2n) is 5.14. The molecule has 0 bridgehead atoms. The van der Waals surface area contributed by atoms with Crippen molar-refractivity contribution in [3.8, 4) is 0 Å². The van der Waals surface area contributed by atoms with Crippen molar-refractivity contribution in [3.05, 3.63) is 52.2 Å². The molecule has 0 aliphatic rings. The van der Waals surface area contributed by atoms with Crippen LogP contribution in [0.1, 0.15) is 10.4 Å². The molecule has 118 valence electrons. The molecule has 0 spiro atoms. The van der Waals surface area contributed by atoms with Crippen molar-refractivity contribution in [1.29, 1.82) is 0 Å². The zero-order chi connectivity index (χ0) is 15.8. The smallest absolute Gasteiger partial charge is 0.191 e. The van der Waals surface area contributed by atoms with Gasteiger partial charge in [0.1, 0.15) is 0 Å². The van der Waals surface area contributed by atoms with Crippen LogP contribution in [0, 0.1) is 6.92 Å². The molecule has 0 aliphatic heterocycles. The van der Waals surface area contributed by atoms with E-state index >= 15 is 0 Å². The number of guanidine groups is 1. The number of likely N-dealkylation sites (N-methyl/N-ethyl adjacent to an activating group) is 1. The van der Waals surface area contributed by atoms with Crippen LogP contribution in [0.15, 0.2) is 46.8 Å². The molecule has 0 saturated heterocycles. The Morgan fingerprint density at radius 1 is 1.18 bits per heavy atom. The van der Waals surface area contributed by atoms with Gasteiger partial charge in [-0.15, -0.1) is 11.3 Å². The number of thiophene rings is 1. The fraction of sp³-hybridized carbons (Fsp3) is 0.353. The number of nitrogens with one attached hydrogen (secondary N) is 2. The lowest BCUT2D eigenvalue weighted by molar-refractivity contribution is 0.779. The maximum Gasteiger partial charge on any atom is 0.191 e. The minimum absolute atomic E-state index is 0.817. The van der Waals surface area contributed by atoms with Crippen molar-refractivity contribution >= 4 is 23.0 Å². The van der Waals surface area contributed by atoms with Gasteiger partial charge in [0.15, 0.2) is 5.96 Å². The van der Waals surface area contributed by atoms with E-state index in [4.69, 9.17) is 0 Å². The van der Waals surface area contributed by atoms with Crippen LogP contribution in [0.2, 0.25) is 0 Å². The molecule has 2 rings (SSSR count). The van der Waals surface area contributed by atoms with Crippen molar-refractivity contribution in [2.24, 2.45) is 4.99 Å². The summed E-state index contributed by atoms with van der Waals surface area (Å²) in [5, 5.41) is 8.83. The molecule has 0 unspecified atom stereocenters. The standard InChI is InChI=1S/C17H24N4S/c1-14-9-12-22-16(14)13-20-17(18-2)19-10-11-21(3)15-7-5-4-6-8-15/h4-9,12H,10-11,13H2,1-3H3,(H2,18,19,20). The third-order valence-corrected chi connectivity index (χ3v) is 4.57. The number of benzene rings is 1. The van der Waals surface area contributed by atoms with E-state index in [0.717, 1.165) is 25.6 Å². The highest BCUT2D eigenvalue weighted by atomic mass is 32.1. The summed E-state index contributed by atoms with van der Waals surface area (Å²) in [6, 6.07) is 12.5. The maximum absolute atomic E-state index is 4.27. The van der Waals surface area contributed by atoms with Crippen LogP contribution in [0.5, 0.6) is 0 Å². The van der Waals surface area contributed by atoms with E-state index in [0.29, 0.717) is 0 Å². The van der Waals surface area contributed by atoms with Crippen LogP contribution in [0.3, 0.4) is 0 Å². The minimum Gasteiger partial charge on any atom is -0.373 e. The van der Waals surface area contributed by atoms with Gasteiger partial charge in [-0.3, -0.25) is 4.99 Å². The first-order valence-corrected chi connectivity index (χ1v) is 8.32. The fourth-order valence-electron chi connectivity index (χ4n) is 2.12. The predicted molar refractivity (Wildman–Crippen MR) is 97.0 cm³/mol. The highest BCUT2D eigenvalue weighted by Crippen LogP contribution is 2.14. The molecule has 0 saturated carbocycles. The summed E-state index contributed by atoms with van der Waals surface area (Å²) >= 11 is 1.77. The third-order valence-electron chi connectivity index (χ3n) is 3.54. The molecule has 22 heavy (non-hydrogen) atoms. The second-order valence-corrected chi connectivity index (χ2v) is 6.14. The van der Waals surface area contributed by atoms with Crippen molar-refractivity contribution in [3.63, 3.8) is 0 Å². The largest absolute Gasteiger partial charge is 0.373 e. The number of aliphatic imine (C=N–C) groups is 1. The summed E-state index contributed by atoms with van der Waals surface area (Å²) in [5.41, 5.74) is 2.55. The number of anilines is 1. The Morgan fingerprint density at radius 2 is 1.95 bits per heavy atom. The molecule has 0 aliphatic carbocycles. The number of para-hydroxylation sites is 1. The molecule has 0 radical (unpaired) electrons.